The molecule has 21 heavy (non-hydrogen) atoms. The number of nitrogens with one attached hydrogen (secondary N) is 1. The first kappa shape index (κ1) is 15.7. The molecule has 114 valence electrons. The number of aryl methyl sites for hydroxylation is 1. The maximum atomic E-state index is 12.1. The first-order valence-electron chi connectivity index (χ1n) is 6.62. The van der Waals surface area contributed by atoms with Crippen molar-refractivity contribution in [3.05, 3.63) is 47.9 Å². The lowest BCUT2D eigenvalue weighted by atomic mass is 10.2. The second-order valence-electron chi connectivity index (χ2n) is 4.93. The molecule has 1 heterocycles. The van der Waals surface area contributed by atoms with Crippen LogP contribution in [0, 0.1) is 6.92 Å². The van der Waals surface area contributed by atoms with Crippen LogP contribution in [-0.2, 0) is 16.6 Å². The van der Waals surface area contributed by atoms with Gasteiger partial charge in [0.05, 0.1) is 17.6 Å². The third kappa shape index (κ3) is 4.66. The van der Waals surface area contributed by atoms with E-state index in [1.165, 1.54) is 0 Å². The molecule has 0 radical (unpaired) electrons. The Balaban J connectivity index is 1.83. The summed E-state index contributed by atoms with van der Waals surface area (Å²) in [5.41, 5.74) is 1.03. The van der Waals surface area contributed by atoms with E-state index in [9.17, 15) is 8.42 Å². The first-order chi connectivity index (χ1) is 9.97. The molecule has 0 atom stereocenters. The zero-order valence-corrected chi connectivity index (χ0v) is 12.9. The SMILES string of the molecule is Cc1ccc(S(=O)(=O)NCCN(C)Cc2ccno2)cc1. The standard InChI is InChI=1S/C14H19N3O3S/c1-12-3-5-14(6-4-12)21(18,19)16-9-10-17(2)11-13-7-8-15-20-13/h3-8,16H,9-11H2,1-2H3. The van der Waals surface area contributed by atoms with Gasteiger partial charge in [-0.15, -0.1) is 0 Å². The summed E-state index contributed by atoms with van der Waals surface area (Å²) in [5, 5.41) is 3.63. The van der Waals surface area contributed by atoms with Crippen LogP contribution in [0.15, 0.2) is 45.9 Å². The van der Waals surface area contributed by atoms with Gasteiger partial charge in [-0.25, -0.2) is 13.1 Å². The summed E-state index contributed by atoms with van der Waals surface area (Å²) < 4.78 is 31.8. The molecule has 1 aromatic heterocycles. The Hall–Kier alpha value is -1.70. The van der Waals surface area contributed by atoms with Crippen molar-refractivity contribution >= 4 is 10.0 Å². The van der Waals surface area contributed by atoms with Gasteiger partial charge in [0.25, 0.3) is 0 Å². The summed E-state index contributed by atoms with van der Waals surface area (Å²) in [6.45, 7) is 3.42. The molecule has 0 unspecified atom stereocenters. The first-order valence-corrected chi connectivity index (χ1v) is 8.10. The van der Waals surface area contributed by atoms with Crippen molar-refractivity contribution in [2.75, 3.05) is 20.1 Å². The number of aromatic nitrogens is 1. The second kappa shape index (κ2) is 6.84. The number of likely N-dealkylation sites (N-methyl/N-ethyl adjacent to an activating group) is 1. The van der Waals surface area contributed by atoms with Crippen LogP contribution in [0.1, 0.15) is 11.3 Å². The molecule has 0 fully saturated rings. The molecule has 0 amide bonds. The van der Waals surface area contributed by atoms with Gasteiger partial charge >= 0.3 is 0 Å². The largest absolute Gasteiger partial charge is 0.360 e. The molecule has 6 nitrogen and oxygen atoms in total. The highest BCUT2D eigenvalue weighted by molar-refractivity contribution is 7.89. The molecule has 0 spiro atoms. The van der Waals surface area contributed by atoms with Crippen molar-refractivity contribution < 1.29 is 12.9 Å². The number of hydrogen-bond donors (Lipinski definition) is 1. The molecule has 1 aromatic carbocycles. The van der Waals surface area contributed by atoms with Gasteiger partial charge in [0.15, 0.2) is 5.76 Å². The van der Waals surface area contributed by atoms with Crippen LogP contribution in [0.2, 0.25) is 0 Å². The quantitative estimate of drug-likeness (QED) is 0.836. The van der Waals surface area contributed by atoms with Gasteiger partial charge in [-0.3, -0.25) is 4.90 Å². The van der Waals surface area contributed by atoms with Crippen molar-refractivity contribution in [1.29, 1.82) is 0 Å². The van der Waals surface area contributed by atoms with Crippen LogP contribution >= 0.6 is 0 Å². The van der Waals surface area contributed by atoms with Crippen molar-refractivity contribution in [2.45, 2.75) is 18.4 Å². The fourth-order valence-electron chi connectivity index (χ4n) is 1.84. The topological polar surface area (TPSA) is 75.4 Å². The van der Waals surface area contributed by atoms with E-state index in [2.05, 4.69) is 9.88 Å². The third-order valence-corrected chi connectivity index (χ3v) is 4.51. The van der Waals surface area contributed by atoms with Gasteiger partial charge in [-0.05, 0) is 26.1 Å². The third-order valence-electron chi connectivity index (χ3n) is 3.03. The molecule has 0 aliphatic heterocycles. The minimum Gasteiger partial charge on any atom is -0.360 e. The minimum atomic E-state index is -3.45. The summed E-state index contributed by atoms with van der Waals surface area (Å²) in [6.07, 6.45) is 1.59. The Bertz CT molecular complexity index is 651. The number of nitrogens with zero attached hydrogens (tertiary/aromatic N) is 2. The Morgan fingerprint density at radius 1 is 1.24 bits per heavy atom. The van der Waals surface area contributed by atoms with E-state index in [0.717, 1.165) is 11.3 Å². The molecular weight excluding hydrogens is 290 g/mol. The van der Waals surface area contributed by atoms with Gasteiger partial charge in [0.2, 0.25) is 10.0 Å². The molecule has 7 heteroatoms. The van der Waals surface area contributed by atoms with E-state index in [4.69, 9.17) is 4.52 Å². The van der Waals surface area contributed by atoms with E-state index in [1.54, 1.807) is 36.5 Å². The van der Waals surface area contributed by atoms with Gasteiger partial charge in [0, 0.05) is 19.2 Å². The summed E-state index contributed by atoms with van der Waals surface area (Å²) in [6, 6.07) is 8.56. The van der Waals surface area contributed by atoms with Crippen LogP contribution in [-0.4, -0.2) is 38.6 Å². The minimum absolute atomic E-state index is 0.283. The Labute approximate surface area is 124 Å². The van der Waals surface area contributed by atoms with Crippen LogP contribution in [0.3, 0.4) is 0 Å². The normalized spacial score (nSPS) is 12.0. The molecule has 1 N–H and O–H groups in total. The number of benzene rings is 1. The Morgan fingerprint density at radius 2 is 1.95 bits per heavy atom. The summed E-state index contributed by atoms with van der Waals surface area (Å²) in [5.74, 6) is 0.749. The van der Waals surface area contributed by atoms with Crippen molar-refractivity contribution in [3.63, 3.8) is 0 Å². The average molecular weight is 309 g/mol. The van der Waals surface area contributed by atoms with E-state index in [0.29, 0.717) is 19.6 Å². The van der Waals surface area contributed by atoms with Gasteiger partial charge in [0.1, 0.15) is 0 Å². The summed E-state index contributed by atoms with van der Waals surface area (Å²) >= 11 is 0. The van der Waals surface area contributed by atoms with Crippen molar-refractivity contribution in [2.24, 2.45) is 0 Å². The molecule has 0 aliphatic carbocycles. The van der Waals surface area contributed by atoms with Crippen LogP contribution in [0.25, 0.3) is 0 Å². The van der Waals surface area contributed by atoms with Crippen LogP contribution < -0.4 is 4.72 Å². The highest BCUT2D eigenvalue weighted by atomic mass is 32.2. The molecule has 0 aliphatic rings. The average Bonchev–Trinajstić information content (AvgIpc) is 2.91. The van der Waals surface area contributed by atoms with Crippen LogP contribution in [0.4, 0.5) is 0 Å². The predicted molar refractivity (Wildman–Crippen MR) is 79.2 cm³/mol. The van der Waals surface area contributed by atoms with E-state index < -0.39 is 10.0 Å². The Morgan fingerprint density at radius 3 is 2.57 bits per heavy atom. The highest BCUT2D eigenvalue weighted by Crippen LogP contribution is 2.09. The van der Waals surface area contributed by atoms with Crippen molar-refractivity contribution in [3.8, 4) is 0 Å². The monoisotopic (exact) mass is 309 g/mol. The molecular formula is C14H19N3O3S. The lowest BCUT2D eigenvalue weighted by molar-refractivity contribution is 0.276. The van der Waals surface area contributed by atoms with E-state index in [1.807, 2.05) is 18.9 Å². The summed E-state index contributed by atoms with van der Waals surface area (Å²) in [7, 11) is -1.56. The number of hydrogen-bond acceptors (Lipinski definition) is 5. The van der Waals surface area contributed by atoms with E-state index >= 15 is 0 Å². The maximum absolute atomic E-state index is 12.1. The summed E-state index contributed by atoms with van der Waals surface area (Å²) in [4.78, 5) is 2.24. The fourth-order valence-corrected chi connectivity index (χ4v) is 2.86. The van der Waals surface area contributed by atoms with Crippen LogP contribution in [0.5, 0.6) is 0 Å². The number of sulfonamides is 1. The predicted octanol–water partition coefficient (Wildman–Crippen LogP) is 1.39. The Kier molecular flexibility index (Phi) is 5.11. The van der Waals surface area contributed by atoms with Gasteiger partial charge in [-0.1, -0.05) is 22.9 Å². The molecule has 2 aromatic rings. The second-order valence-corrected chi connectivity index (χ2v) is 6.69. The van der Waals surface area contributed by atoms with Crippen molar-refractivity contribution in [1.82, 2.24) is 14.8 Å². The zero-order valence-electron chi connectivity index (χ0n) is 12.1. The molecule has 2 rings (SSSR count). The smallest absolute Gasteiger partial charge is 0.240 e. The highest BCUT2D eigenvalue weighted by Gasteiger charge is 2.13. The van der Waals surface area contributed by atoms with Gasteiger partial charge in [-0.2, -0.15) is 0 Å². The van der Waals surface area contributed by atoms with E-state index in [-0.39, 0.29) is 4.90 Å². The van der Waals surface area contributed by atoms with Gasteiger partial charge < -0.3 is 4.52 Å². The maximum Gasteiger partial charge on any atom is 0.240 e. The lowest BCUT2D eigenvalue weighted by Crippen LogP contribution is -2.32. The fraction of sp³-hybridized carbons (Fsp3) is 0.357. The zero-order chi connectivity index (χ0) is 15.3. The molecule has 0 saturated carbocycles. The lowest BCUT2D eigenvalue weighted by Gasteiger charge is -2.15. The molecule has 0 bridgehead atoms. The molecule has 0 saturated heterocycles. The number of rotatable bonds is 7.